The molecule has 0 saturated carbocycles. The van der Waals surface area contributed by atoms with Gasteiger partial charge < -0.3 is 10.6 Å². The average Bonchev–Trinajstić information content (AvgIpc) is 2.61. The fourth-order valence-corrected chi connectivity index (χ4v) is 2.06. The third kappa shape index (κ3) is 5.05. The van der Waals surface area contributed by atoms with E-state index in [2.05, 4.69) is 15.6 Å². The first-order valence-corrected chi connectivity index (χ1v) is 7.97. The highest BCUT2D eigenvalue weighted by Crippen LogP contribution is 2.30. The van der Waals surface area contributed by atoms with Crippen molar-refractivity contribution in [2.45, 2.75) is 32.5 Å². The highest BCUT2D eigenvalue weighted by molar-refractivity contribution is 6.03. The van der Waals surface area contributed by atoms with Crippen molar-refractivity contribution in [1.29, 1.82) is 0 Å². The van der Waals surface area contributed by atoms with Crippen LogP contribution in [-0.2, 0) is 6.18 Å². The highest BCUT2D eigenvalue weighted by atomic mass is 19.4. The number of nitrogens with zero attached hydrogens (tertiary/aromatic N) is 1. The zero-order chi connectivity index (χ0) is 19.3. The van der Waals surface area contributed by atoms with Crippen LogP contribution in [0.25, 0.3) is 0 Å². The molecule has 1 heterocycles. The Morgan fingerprint density at radius 3 is 2.31 bits per heavy atom. The van der Waals surface area contributed by atoms with Crippen molar-refractivity contribution < 1.29 is 22.8 Å². The van der Waals surface area contributed by atoms with Gasteiger partial charge in [-0.15, -0.1) is 0 Å². The number of aromatic nitrogens is 1. The van der Waals surface area contributed by atoms with Gasteiger partial charge in [0, 0.05) is 11.7 Å². The smallest absolute Gasteiger partial charge is 0.348 e. The lowest BCUT2D eigenvalue weighted by Crippen LogP contribution is -2.32. The lowest BCUT2D eigenvalue weighted by atomic mass is 10.2. The number of alkyl halides is 3. The van der Waals surface area contributed by atoms with E-state index in [-0.39, 0.29) is 23.1 Å². The van der Waals surface area contributed by atoms with Gasteiger partial charge in [0.1, 0.15) is 11.4 Å². The Morgan fingerprint density at radius 1 is 1.08 bits per heavy atom. The summed E-state index contributed by atoms with van der Waals surface area (Å²) in [6.07, 6.45) is -3.77. The van der Waals surface area contributed by atoms with Crippen LogP contribution in [0.2, 0.25) is 0 Å². The maximum Gasteiger partial charge on any atom is 0.416 e. The van der Waals surface area contributed by atoms with Crippen LogP contribution < -0.4 is 10.6 Å². The van der Waals surface area contributed by atoms with Crippen LogP contribution >= 0.6 is 0 Å². The van der Waals surface area contributed by atoms with Gasteiger partial charge in [-0.05, 0) is 43.7 Å². The van der Waals surface area contributed by atoms with Crippen LogP contribution in [0.15, 0.2) is 42.5 Å². The second kappa shape index (κ2) is 7.99. The molecule has 0 saturated heterocycles. The number of halogens is 3. The van der Waals surface area contributed by atoms with E-state index in [9.17, 15) is 22.8 Å². The summed E-state index contributed by atoms with van der Waals surface area (Å²) < 4.78 is 38.2. The zero-order valence-corrected chi connectivity index (χ0v) is 14.2. The molecule has 2 N–H and O–H groups in total. The predicted octanol–water partition coefficient (Wildman–Crippen LogP) is 3.88. The minimum absolute atomic E-state index is 0.0129. The van der Waals surface area contributed by atoms with E-state index in [4.69, 9.17) is 0 Å². The van der Waals surface area contributed by atoms with E-state index in [0.29, 0.717) is 0 Å². The van der Waals surface area contributed by atoms with E-state index in [1.54, 1.807) is 0 Å². The van der Waals surface area contributed by atoms with Gasteiger partial charge in [0.15, 0.2) is 0 Å². The first-order valence-electron chi connectivity index (χ1n) is 7.97. The van der Waals surface area contributed by atoms with Gasteiger partial charge in [-0.25, -0.2) is 4.98 Å². The number of hydrogen-bond donors (Lipinski definition) is 2. The maximum atomic E-state index is 12.7. The van der Waals surface area contributed by atoms with Crippen LogP contribution in [0.4, 0.5) is 18.9 Å². The number of pyridine rings is 1. The largest absolute Gasteiger partial charge is 0.416 e. The van der Waals surface area contributed by atoms with Crippen molar-refractivity contribution in [3.05, 3.63) is 59.4 Å². The van der Waals surface area contributed by atoms with Crippen LogP contribution in [0, 0.1) is 0 Å². The summed E-state index contributed by atoms with van der Waals surface area (Å²) >= 11 is 0. The van der Waals surface area contributed by atoms with Gasteiger partial charge in [-0.3, -0.25) is 9.59 Å². The molecule has 2 aromatic rings. The maximum absolute atomic E-state index is 12.7. The fraction of sp³-hybridized carbons (Fsp3) is 0.278. The van der Waals surface area contributed by atoms with E-state index < -0.39 is 23.6 Å². The molecule has 0 radical (unpaired) electrons. The van der Waals surface area contributed by atoms with Crippen LogP contribution in [-0.4, -0.2) is 22.8 Å². The van der Waals surface area contributed by atoms with Crippen molar-refractivity contribution >= 4 is 17.5 Å². The molecule has 0 bridgehead atoms. The number of carbonyl (C=O) groups is 2. The molecule has 0 fully saturated rings. The molecule has 1 atom stereocenters. The Balaban J connectivity index is 2.16. The number of amides is 2. The Hall–Kier alpha value is -2.90. The average molecular weight is 365 g/mol. The molecular formula is C18H18F3N3O2. The second-order valence-electron chi connectivity index (χ2n) is 5.72. The molecule has 2 amide bonds. The highest BCUT2D eigenvalue weighted by Gasteiger charge is 2.30. The standard InChI is InChI=1S/C18H18F3N3O2/c1-3-11(2)22-16(25)14-8-5-9-15(24-14)17(26)23-13-7-4-6-12(10-13)18(19,20)21/h4-11H,3H2,1-2H3,(H,22,25)(H,23,26). The monoisotopic (exact) mass is 365 g/mol. The Kier molecular flexibility index (Phi) is 5.97. The summed E-state index contributed by atoms with van der Waals surface area (Å²) in [5.41, 5.74) is -0.896. The molecule has 5 nitrogen and oxygen atoms in total. The SMILES string of the molecule is CCC(C)NC(=O)c1cccc(C(=O)Nc2cccc(C(F)(F)F)c2)n1. The molecule has 0 spiro atoms. The zero-order valence-electron chi connectivity index (χ0n) is 14.2. The lowest BCUT2D eigenvalue weighted by molar-refractivity contribution is -0.137. The minimum atomic E-state index is -4.51. The summed E-state index contributed by atoms with van der Waals surface area (Å²) in [5, 5.41) is 5.08. The van der Waals surface area contributed by atoms with Crippen molar-refractivity contribution in [1.82, 2.24) is 10.3 Å². The molecule has 0 aliphatic heterocycles. The molecule has 8 heteroatoms. The first kappa shape index (κ1) is 19.4. The van der Waals surface area contributed by atoms with E-state index in [1.165, 1.54) is 30.3 Å². The predicted molar refractivity (Wildman–Crippen MR) is 90.9 cm³/mol. The molecule has 1 aromatic carbocycles. The van der Waals surface area contributed by atoms with Gasteiger partial charge in [-0.2, -0.15) is 13.2 Å². The number of nitrogens with one attached hydrogen (secondary N) is 2. The van der Waals surface area contributed by atoms with Gasteiger partial charge in [0.2, 0.25) is 0 Å². The van der Waals surface area contributed by atoms with E-state index in [1.807, 2.05) is 13.8 Å². The Morgan fingerprint density at radius 2 is 1.69 bits per heavy atom. The third-order valence-electron chi connectivity index (χ3n) is 3.65. The number of carbonyl (C=O) groups excluding carboxylic acids is 2. The Labute approximate surface area is 148 Å². The third-order valence-corrected chi connectivity index (χ3v) is 3.65. The second-order valence-corrected chi connectivity index (χ2v) is 5.72. The van der Waals surface area contributed by atoms with Crippen LogP contribution in [0.3, 0.4) is 0 Å². The molecule has 1 aromatic heterocycles. The Bertz CT molecular complexity index is 806. The van der Waals surface area contributed by atoms with Gasteiger partial charge in [-0.1, -0.05) is 19.1 Å². The van der Waals surface area contributed by atoms with Gasteiger partial charge in [0.25, 0.3) is 11.8 Å². The van der Waals surface area contributed by atoms with Crippen molar-refractivity contribution in [2.75, 3.05) is 5.32 Å². The lowest BCUT2D eigenvalue weighted by Gasteiger charge is -2.12. The quantitative estimate of drug-likeness (QED) is 0.845. The summed E-state index contributed by atoms with van der Waals surface area (Å²) in [5.74, 6) is -1.13. The number of benzene rings is 1. The summed E-state index contributed by atoms with van der Waals surface area (Å²) in [6.45, 7) is 3.75. The molecule has 0 aliphatic carbocycles. The summed E-state index contributed by atoms with van der Waals surface area (Å²) in [4.78, 5) is 28.3. The molecule has 0 aliphatic rings. The normalized spacial score (nSPS) is 12.3. The fourth-order valence-electron chi connectivity index (χ4n) is 2.06. The van der Waals surface area contributed by atoms with Crippen molar-refractivity contribution in [3.8, 4) is 0 Å². The van der Waals surface area contributed by atoms with Gasteiger partial charge >= 0.3 is 6.18 Å². The molecule has 138 valence electrons. The number of rotatable bonds is 5. The molecule has 26 heavy (non-hydrogen) atoms. The van der Waals surface area contributed by atoms with E-state index >= 15 is 0 Å². The summed E-state index contributed by atoms with van der Waals surface area (Å²) in [7, 11) is 0. The minimum Gasteiger partial charge on any atom is -0.348 e. The topological polar surface area (TPSA) is 71.1 Å². The molecular weight excluding hydrogens is 347 g/mol. The van der Waals surface area contributed by atoms with Crippen LogP contribution in [0.1, 0.15) is 46.8 Å². The number of hydrogen-bond acceptors (Lipinski definition) is 3. The van der Waals surface area contributed by atoms with Crippen LogP contribution in [0.5, 0.6) is 0 Å². The van der Waals surface area contributed by atoms with Crippen molar-refractivity contribution in [3.63, 3.8) is 0 Å². The summed E-state index contributed by atoms with van der Waals surface area (Å²) in [6, 6.07) is 8.55. The molecule has 1 unspecified atom stereocenters. The number of anilines is 1. The first-order chi connectivity index (χ1) is 12.2. The van der Waals surface area contributed by atoms with E-state index in [0.717, 1.165) is 18.6 Å². The van der Waals surface area contributed by atoms with Gasteiger partial charge in [0.05, 0.1) is 5.56 Å². The molecule has 2 rings (SSSR count). The van der Waals surface area contributed by atoms with Crippen molar-refractivity contribution in [2.24, 2.45) is 0 Å².